The predicted octanol–water partition coefficient (Wildman–Crippen LogP) is 4.08. The number of hydrogen-bond donors (Lipinski definition) is 0. The highest BCUT2D eigenvalue weighted by Crippen LogP contribution is 2.30. The molecule has 9 heteroatoms. The highest BCUT2D eigenvalue weighted by Gasteiger charge is 2.32. The van der Waals surface area contributed by atoms with Gasteiger partial charge in [-0.25, -0.2) is 26.7 Å². The van der Waals surface area contributed by atoms with E-state index in [-0.39, 0.29) is 0 Å². The molecule has 0 radical (unpaired) electrons. The number of thiocarbonyl (C=S) groups is 1. The summed E-state index contributed by atoms with van der Waals surface area (Å²) in [5.74, 6) is -10.2. The number of esters is 1. The second-order valence-electron chi connectivity index (χ2n) is 4.06. The summed E-state index contributed by atoms with van der Waals surface area (Å²) in [6.45, 7) is 0. The van der Waals surface area contributed by atoms with Crippen molar-refractivity contribution in [2.24, 2.45) is 0 Å². The van der Waals surface area contributed by atoms with Gasteiger partial charge in [-0.1, -0.05) is 12.2 Å². The van der Waals surface area contributed by atoms with Crippen molar-refractivity contribution in [1.82, 2.24) is 0 Å². The summed E-state index contributed by atoms with van der Waals surface area (Å²) in [5, 5.41) is -1.26. The average molecular weight is 355 g/mol. The molecule has 22 heavy (non-hydrogen) atoms. The monoisotopic (exact) mass is 354 g/mol. The van der Waals surface area contributed by atoms with Gasteiger partial charge in [0.05, 0.1) is 10.2 Å². The Labute approximate surface area is 130 Å². The van der Waals surface area contributed by atoms with Crippen LogP contribution in [0.3, 0.4) is 0 Å². The van der Waals surface area contributed by atoms with Crippen LogP contribution in [0.2, 0.25) is 0 Å². The highest BCUT2D eigenvalue weighted by atomic mass is 35.5. The summed E-state index contributed by atoms with van der Waals surface area (Å²) >= 11 is 10.1. The van der Waals surface area contributed by atoms with Gasteiger partial charge >= 0.3 is 5.97 Å². The summed E-state index contributed by atoms with van der Waals surface area (Å²) in [6.07, 6.45) is 0.676. The van der Waals surface area contributed by atoms with Crippen LogP contribution < -0.4 is 4.74 Å². The quantitative estimate of drug-likeness (QED) is 0.200. The second-order valence-corrected chi connectivity index (χ2v) is 4.97. The van der Waals surface area contributed by atoms with E-state index in [9.17, 15) is 26.7 Å². The maximum absolute atomic E-state index is 13.8. The minimum Gasteiger partial charge on any atom is -0.423 e. The second kappa shape index (κ2) is 6.13. The van der Waals surface area contributed by atoms with Gasteiger partial charge in [-0.2, -0.15) is 0 Å². The lowest BCUT2D eigenvalue weighted by Crippen LogP contribution is -2.23. The summed E-state index contributed by atoms with van der Waals surface area (Å²) in [6, 6.07) is 0.698. The number of allylic oxidation sites excluding steroid dienone is 2. The summed E-state index contributed by atoms with van der Waals surface area (Å²) in [4.78, 5) is 11.2. The van der Waals surface area contributed by atoms with Crippen LogP contribution >= 0.6 is 23.8 Å². The largest absolute Gasteiger partial charge is 0.423 e. The Morgan fingerprint density at radius 1 is 1.14 bits per heavy atom. The van der Waals surface area contributed by atoms with Gasteiger partial charge in [-0.15, -0.1) is 11.6 Å². The summed E-state index contributed by atoms with van der Waals surface area (Å²) < 4.78 is 70.5. The lowest BCUT2D eigenvalue weighted by atomic mass is 10.0. The molecule has 0 saturated heterocycles. The molecule has 0 spiro atoms. The van der Waals surface area contributed by atoms with Gasteiger partial charge in [0, 0.05) is 12.1 Å². The van der Waals surface area contributed by atoms with E-state index in [0.717, 1.165) is 0 Å². The van der Waals surface area contributed by atoms with Crippen LogP contribution in [0.25, 0.3) is 0 Å². The SMILES string of the molecule is O=C(Oc1cc(F)c(F)c(F)c1)C1=C(F)C(=S)C(Cl)C=C1F. The third kappa shape index (κ3) is 3.02. The van der Waals surface area contributed by atoms with Crippen molar-refractivity contribution in [2.75, 3.05) is 0 Å². The molecule has 1 atom stereocenters. The fraction of sp³-hybridized carbons (Fsp3) is 0.0769. The van der Waals surface area contributed by atoms with Gasteiger partial charge in [-0.3, -0.25) is 0 Å². The van der Waals surface area contributed by atoms with Crippen molar-refractivity contribution in [1.29, 1.82) is 0 Å². The minimum atomic E-state index is -1.78. The molecule has 0 saturated carbocycles. The molecule has 1 unspecified atom stereocenters. The average Bonchev–Trinajstić information content (AvgIpc) is 2.42. The number of carbonyl (C=O) groups is 1. The first-order chi connectivity index (χ1) is 10.2. The van der Waals surface area contributed by atoms with Crippen LogP contribution in [0.15, 0.2) is 35.4 Å². The van der Waals surface area contributed by atoms with Crippen LogP contribution in [-0.2, 0) is 4.79 Å². The molecule has 1 aliphatic carbocycles. The highest BCUT2D eigenvalue weighted by molar-refractivity contribution is 7.81. The van der Waals surface area contributed by atoms with Crippen molar-refractivity contribution < 1.29 is 31.5 Å². The van der Waals surface area contributed by atoms with Crippen LogP contribution in [0, 0.1) is 17.5 Å². The Hall–Kier alpha value is -1.80. The predicted molar refractivity (Wildman–Crippen MR) is 71.5 cm³/mol. The number of ether oxygens (including phenoxy) is 1. The standard InChI is InChI=1S/C13H4ClF5O2S/c14-5-3-6(15)9(11(19)12(5)22)13(20)21-4-1-7(16)10(18)8(17)2-4/h1-3,5H. The Kier molecular flexibility index (Phi) is 4.62. The van der Waals surface area contributed by atoms with E-state index in [1.54, 1.807) is 0 Å². The first kappa shape index (κ1) is 16.6. The molecule has 2 rings (SSSR count). The van der Waals surface area contributed by atoms with Gasteiger partial charge in [0.15, 0.2) is 23.3 Å². The molecule has 0 aromatic heterocycles. The van der Waals surface area contributed by atoms with Crippen molar-refractivity contribution in [3.8, 4) is 5.75 Å². The number of rotatable bonds is 2. The van der Waals surface area contributed by atoms with Gasteiger partial charge in [0.1, 0.15) is 17.1 Å². The molecule has 0 heterocycles. The van der Waals surface area contributed by atoms with Gasteiger partial charge in [0.2, 0.25) is 0 Å². The molecule has 1 aromatic rings. The molecular weight excluding hydrogens is 351 g/mol. The van der Waals surface area contributed by atoms with Crippen molar-refractivity contribution in [3.63, 3.8) is 0 Å². The van der Waals surface area contributed by atoms with E-state index in [0.29, 0.717) is 18.2 Å². The first-order valence-electron chi connectivity index (χ1n) is 5.55. The zero-order chi connectivity index (χ0) is 16.6. The van der Waals surface area contributed by atoms with E-state index in [2.05, 4.69) is 17.0 Å². The van der Waals surface area contributed by atoms with Crippen LogP contribution in [-0.4, -0.2) is 16.2 Å². The van der Waals surface area contributed by atoms with Crippen molar-refractivity contribution in [2.45, 2.75) is 5.38 Å². The molecule has 0 amide bonds. The number of carbonyl (C=O) groups excluding carboxylic acids is 1. The molecule has 0 bridgehead atoms. The van der Waals surface area contributed by atoms with Crippen molar-refractivity contribution in [3.05, 3.63) is 52.9 Å². The van der Waals surface area contributed by atoms with Crippen LogP contribution in [0.1, 0.15) is 0 Å². The smallest absolute Gasteiger partial charge is 0.349 e. The van der Waals surface area contributed by atoms with Crippen molar-refractivity contribution >= 4 is 34.7 Å². The summed E-state index contributed by atoms with van der Waals surface area (Å²) in [7, 11) is 0. The number of hydrogen-bond acceptors (Lipinski definition) is 3. The first-order valence-corrected chi connectivity index (χ1v) is 6.39. The zero-order valence-electron chi connectivity index (χ0n) is 10.3. The van der Waals surface area contributed by atoms with Crippen LogP contribution in [0.4, 0.5) is 22.0 Å². The lowest BCUT2D eigenvalue weighted by molar-refractivity contribution is -0.130. The molecule has 116 valence electrons. The maximum atomic E-state index is 13.8. The Morgan fingerprint density at radius 3 is 2.23 bits per heavy atom. The number of benzene rings is 1. The third-order valence-electron chi connectivity index (χ3n) is 2.59. The lowest BCUT2D eigenvalue weighted by Gasteiger charge is -2.15. The topological polar surface area (TPSA) is 26.3 Å². The van der Waals surface area contributed by atoms with E-state index >= 15 is 0 Å². The Morgan fingerprint density at radius 2 is 1.68 bits per heavy atom. The minimum absolute atomic E-state index is 0.349. The molecule has 0 fully saturated rings. The van der Waals surface area contributed by atoms with Gasteiger partial charge < -0.3 is 4.74 Å². The van der Waals surface area contributed by atoms with E-state index in [1.165, 1.54) is 0 Å². The zero-order valence-corrected chi connectivity index (χ0v) is 11.9. The molecule has 0 aliphatic heterocycles. The third-order valence-corrected chi connectivity index (χ3v) is 3.50. The Bertz CT molecular complexity index is 721. The van der Waals surface area contributed by atoms with Gasteiger partial charge in [0.25, 0.3) is 0 Å². The van der Waals surface area contributed by atoms with E-state index in [1.807, 2.05) is 0 Å². The Balaban J connectivity index is 2.34. The number of alkyl halides is 1. The molecule has 2 nitrogen and oxygen atoms in total. The van der Waals surface area contributed by atoms with Gasteiger partial charge in [-0.05, 0) is 6.08 Å². The fourth-order valence-corrected chi connectivity index (χ4v) is 1.95. The molecule has 1 aliphatic rings. The number of halogens is 6. The van der Waals surface area contributed by atoms with E-state index in [4.69, 9.17) is 11.6 Å². The molecular formula is C13H4ClF5O2S. The van der Waals surface area contributed by atoms with Crippen LogP contribution in [0.5, 0.6) is 5.75 Å². The molecule has 1 aromatic carbocycles. The van der Waals surface area contributed by atoms with E-state index < -0.39 is 56.6 Å². The molecule has 0 N–H and O–H groups in total. The maximum Gasteiger partial charge on any atom is 0.349 e. The fourth-order valence-electron chi connectivity index (χ4n) is 1.57. The normalized spacial score (nSPS) is 18.4. The summed E-state index contributed by atoms with van der Waals surface area (Å²) in [5.41, 5.74) is -1.16.